The molecule has 0 fully saturated rings. The van der Waals surface area contributed by atoms with E-state index in [-0.39, 0.29) is 23.0 Å². The van der Waals surface area contributed by atoms with Gasteiger partial charge in [-0.3, -0.25) is 20.2 Å². The summed E-state index contributed by atoms with van der Waals surface area (Å²) in [7, 11) is 0. The molecule has 0 amide bonds. The highest BCUT2D eigenvalue weighted by atomic mass is 16.6. The highest BCUT2D eigenvalue weighted by Gasteiger charge is 2.17. The van der Waals surface area contributed by atoms with Gasteiger partial charge in [0.15, 0.2) is 23.0 Å². The molecule has 0 radical (unpaired) electrons. The first-order chi connectivity index (χ1) is 13.3. The second-order valence-corrected chi connectivity index (χ2v) is 5.47. The number of nitrogens with zero attached hydrogens (tertiary/aromatic N) is 2. The predicted molar refractivity (Wildman–Crippen MR) is 96.1 cm³/mol. The lowest BCUT2D eigenvalue weighted by atomic mass is 10.2. The van der Waals surface area contributed by atoms with Gasteiger partial charge in [-0.1, -0.05) is 12.1 Å². The molecule has 0 aromatic heterocycles. The van der Waals surface area contributed by atoms with Gasteiger partial charge in [0.2, 0.25) is 0 Å². The molecule has 0 aliphatic rings. The van der Waals surface area contributed by atoms with Gasteiger partial charge in [-0.25, -0.2) is 0 Å². The Morgan fingerprint density at radius 3 is 1.39 bits per heavy atom. The van der Waals surface area contributed by atoms with Crippen molar-refractivity contribution in [2.75, 3.05) is 0 Å². The van der Waals surface area contributed by atoms with Crippen molar-refractivity contribution >= 4 is 11.4 Å². The van der Waals surface area contributed by atoms with Crippen molar-refractivity contribution in [2.45, 2.75) is 0 Å². The van der Waals surface area contributed by atoms with E-state index in [2.05, 4.69) is 0 Å². The molecule has 3 rings (SSSR count). The zero-order valence-electron chi connectivity index (χ0n) is 14.0. The Kier molecular flexibility index (Phi) is 4.94. The molecule has 0 saturated heterocycles. The van der Waals surface area contributed by atoms with E-state index in [4.69, 9.17) is 9.47 Å². The SMILES string of the molecule is O=[N+]([O-])c1ccc(Oc2ccccc2Oc2ccc([N+](=O)[O-])c(O)c2)cc1O. The summed E-state index contributed by atoms with van der Waals surface area (Å²) >= 11 is 0. The summed E-state index contributed by atoms with van der Waals surface area (Å²) in [6, 6.07) is 13.4. The van der Waals surface area contributed by atoms with E-state index in [0.717, 1.165) is 24.3 Å². The van der Waals surface area contributed by atoms with Gasteiger partial charge in [0.05, 0.1) is 9.85 Å². The van der Waals surface area contributed by atoms with Crippen LogP contribution in [0.5, 0.6) is 34.5 Å². The normalized spacial score (nSPS) is 10.3. The van der Waals surface area contributed by atoms with Gasteiger partial charge in [-0.2, -0.15) is 0 Å². The van der Waals surface area contributed by atoms with Crippen molar-refractivity contribution in [1.29, 1.82) is 0 Å². The predicted octanol–water partition coefficient (Wildman–Crippen LogP) is 4.50. The van der Waals surface area contributed by atoms with Crippen molar-refractivity contribution in [1.82, 2.24) is 0 Å². The first-order valence-corrected chi connectivity index (χ1v) is 7.74. The second-order valence-electron chi connectivity index (χ2n) is 5.47. The molecule has 3 aromatic rings. The maximum Gasteiger partial charge on any atom is 0.310 e. The zero-order chi connectivity index (χ0) is 20.3. The molecule has 2 N–H and O–H groups in total. The molecule has 3 aromatic carbocycles. The topological polar surface area (TPSA) is 145 Å². The smallest absolute Gasteiger partial charge is 0.310 e. The van der Waals surface area contributed by atoms with Crippen LogP contribution in [0.3, 0.4) is 0 Å². The summed E-state index contributed by atoms with van der Waals surface area (Å²) in [6.45, 7) is 0. The molecule has 10 nitrogen and oxygen atoms in total. The molecule has 28 heavy (non-hydrogen) atoms. The van der Waals surface area contributed by atoms with Crippen LogP contribution in [0.25, 0.3) is 0 Å². The molecule has 0 heterocycles. The summed E-state index contributed by atoms with van der Waals surface area (Å²) in [5.74, 6) is -0.416. The van der Waals surface area contributed by atoms with Crippen LogP contribution in [-0.2, 0) is 0 Å². The largest absolute Gasteiger partial charge is 0.502 e. The van der Waals surface area contributed by atoms with Crippen LogP contribution in [0.2, 0.25) is 0 Å². The Labute approximate surface area is 157 Å². The Morgan fingerprint density at radius 2 is 1.07 bits per heavy atom. The van der Waals surface area contributed by atoms with Gasteiger partial charge in [0.25, 0.3) is 0 Å². The van der Waals surface area contributed by atoms with E-state index in [9.17, 15) is 30.4 Å². The molecule has 0 atom stereocenters. The summed E-state index contributed by atoms with van der Waals surface area (Å²) < 4.78 is 11.2. The number of hydrogen-bond acceptors (Lipinski definition) is 8. The van der Waals surface area contributed by atoms with Crippen molar-refractivity contribution in [3.63, 3.8) is 0 Å². The number of nitro groups is 2. The Balaban J connectivity index is 1.86. The summed E-state index contributed by atoms with van der Waals surface area (Å²) in [6.07, 6.45) is 0. The maximum atomic E-state index is 10.8. The number of ether oxygens (including phenoxy) is 2. The average molecular weight is 384 g/mol. The van der Waals surface area contributed by atoms with E-state index in [1.807, 2.05) is 0 Å². The summed E-state index contributed by atoms with van der Waals surface area (Å²) in [5, 5.41) is 40.9. The third kappa shape index (κ3) is 3.90. The fourth-order valence-corrected chi connectivity index (χ4v) is 2.31. The fraction of sp³-hybridized carbons (Fsp3) is 0. The van der Waals surface area contributed by atoms with E-state index in [1.54, 1.807) is 24.3 Å². The van der Waals surface area contributed by atoms with Crippen LogP contribution in [-0.4, -0.2) is 20.1 Å². The van der Waals surface area contributed by atoms with Crippen LogP contribution in [0.1, 0.15) is 0 Å². The van der Waals surface area contributed by atoms with E-state index in [0.29, 0.717) is 0 Å². The minimum Gasteiger partial charge on any atom is -0.502 e. The van der Waals surface area contributed by atoms with Crippen LogP contribution in [0.15, 0.2) is 60.7 Å². The van der Waals surface area contributed by atoms with Gasteiger partial charge >= 0.3 is 11.4 Å². The van der Waals surface area contributed by atoms with Crippen molar-refractivity contribution < 1.29 is 29.5 Å². The number of hydrogen-bond donors (Lipinski definition) is 2. The quantitative estimate of drug-likeness (QED) is 0.467. The van der Waals surface area contributed by atoms with Gasteiger partial charge in [-0.05, 0) is 24.3 Å². The number of nitro benzene ring substituents is 2. The Hall–Kier alpha value is -4.34. The van der Waals surface area contributed by atoms with Gasteiger partial charge < -0.3 is 19.7 Å². The number of aromatic hydroxyl groups is 2. The van der Waals surface area contributed by atoms with Crippen molar-refractivity contribution in [2.24, 2.45) is 0 Å². The molecule has 0 unspecified atom stereocenters. The van der Waals surface area contributed by atoms with Crippen molar-refractivity contribution in [3.05, 3.63) is 80.9 Å². The number of benzene rings is 3. The lowest BCUT2D eigenvalue weighted by molar-refractivity contribution is -0.386. The lowest BCUT2D eigenvalue weighted by Crippen LogP contribution is -1.93. The van der Waals surface area contributed by atoms with E-state index in [1.165, 1.54) is 12.1 Å². The van der Waals surface area contributed by atoms with Gasteiger partial charge in [-0.15, -0.1) is 0 Å². The van der Waals surface area contributed by atoms with Crippen LogP contribution < -0.4 is 9.47 Å². The monoisotopic (exact) mass is 384 g/mol. The molecular formula is C18H12N2O8. The lowest BCUT2D eigenvalue weighted by Gasteiger charge is -2.12. The number of phenolic OH excluding ortho intramolecular Hbond substituents is 2. The van der Waals surface area contributed by atoms with Crippen LogP contribution in [0, 0.1) is 20.2 Å². The molecule has 142 valence electrons. The minimum atomic E-state index is -0.725. The Morgan fingerprint density at radius 1 is 0.679 bits per heavy atom. The average Bonchev–Trinajstić information content (AvgIpc) is 2.63. The van der Waals surface area contributed by atoms with Crippen LogP contribution in [0.4, 0.5) is 11.4 Å². The Bertz CT molecular complexity index is 983. The van der Waals surface area contributed by atoms with E-state index >= 15 is 0 Å². The zero-order valence-corrected chi connectivity index (χ0v) is 14.0. The molecular weight excluding hydrogens is 372 g/mol. The van der Waals surface area contributed by atoms with E-state index < -0.39 is 32.7 Å². The molecule has 0 saturated carbocycles. The molecule has 0 spiro atoms. The molecule has 0 aliphatic heterocycles. The number of phenols is 2. The first kappa shape index (κ1) is 18.5. The molecule has 0 aliphatic carbocycles. The highest BCUT2D eigenvalue weighted by Crippen LogP contribution is 2.39. The maximum absolute atomic E-state index is 10.8. The number of para-hydroxylation sites is 2. The number of rotatable bonds is 6. The van der Waals surface area contributed by atoms with Gasteiger partial charge in [0.1, 0.15) is 11.5 Å². The summed E-state index contributed by atoms with van der Waals surface area (Å²) in [5.41, 5.74) is -0.920. The van der Waals surface area contributed by atoms with Crippen molar-refractivity contribution in [3.8, 4) is 34.5 Å². The minimum absolute atomic E-state index is 0.130. The second kappa shape index (κ2) is 7.50. The molecule has 0 bridgehead atoms. The third-order valence-corrected chi connectivity index (χ3v) is 3.59. The highest BCUT2D eigenvalue weighted by molar-refractivity contribution is 5.53. The van der Waals surface area contributed by atoms with Gasteiger partial charge in [0, 0.05) is 24.3 Å². The fourth-order valence-electron chi connectivity index (χ4n) is 2.31. The molecule has 10 heteroatoms. The standard InChI is InChI=1S/C18H12N2O8/c21-15-9-11(5-7-13(15)19(23)24)27-17-3-1-2-4-18(17)28-12-6-8-14(20(25)26)16(22)10-12/h1-10,21-22H. The van der Waals surface area contributed by atoms with Crippen LogP contribution >= 0.6 is 0 Å². The summed E-state index contributed by atoms with van der Waals surface area (Å²) in [4.78, 5) is 20.1. The first-order valence-electron chi connectivity index (χ1n) is 7.74. The third-order valence-electron chi connectivity index (χ3n) is 3.59.